The van der Waals surface area contributed by atoms with Gasteiger partial charge >= 0.3 is 6.18 Å². The summed E-state index contributed by atoms with van der Waals surface area (Å²) in [4.78, 5) is 23.7. The molecule has 84 valence electrons. The zero-order valence-electron chi connectivity index (χ0n) is 7.88. The monoisotopic (exact) mass is 221 g/mol. The molecule has 0 heterocycles. The lowest BCUT2D eigenvalue weighted by Crippen LogP contribution is -2.31. The van der Waals surface area contributed by atoms with Gasteiger partial charge in [0.2, 0.25) is 6.08 Å². The van der Waals surface area contributed by atoms with E-state index in [0.29, 0.717) is 12.8 Å². The molecule has 0 spiro atoms. The standard InChI is InChI=1S/C9H10F3NO2/c10-9(11,12)7-3-1-2-6(4-7)8(15)13-5-14/h6-7H,1-4H2. The first-order valence-electron chi connectivity index (χ1n) is 4.63. The number of carbonyl (C=O) groups excluding carboxylic acids is 2. The van der Waals surface area contributed by atoms with Crippen LogP contribution < -0.4 is 0 Å². The molecule has 15 heavy (non-hydrogen) atoms. The predicted molar refractivity (Wildman–Crippen MR) is 44.6 cm³/mol. The van der Waals surface area contributed by atoms with Gasteiger partial charge in [0, 0.05) is 5.92 Å². The highest BCUT2D eigenvalue weighted by atomic mass is 19.4. The van der Waals surface area contributed by atoms with E-state index in [1.807, 2.05) is 0 Å². The minimum absolute atomic E-state index is 0.0537. The van der Waals surface area contributed by atoms with Crippen LogP contribution in [0.15, 0.2) is 4.99 Å². The van der Waals surface area contributed by atoms with Crippen LogP contribution in [0.2, 0.25) is 0 Å². The van der Waals surface area contributed by atoms with Crippen LogP contribution in [0.4, 0.5) is 13.2 Å². The second-order valence-electron chi connectivity index (χ2n) is 3.64. The molecule has 0 bridgehead atoms. The molecule has 0 saturated heterocycles. The molecule has 0 radical (unpaired) electrons. The van der Waals surface area contributed by atoms with Crippen LogP contribution in [-0.2, 0) is 9.59 Å². The average molecular weight is 221 g/mol. The Labute approximate surface area is 84.4 Å². The summed E-state index contributed by atoms with van der Waals surface area (Å²) in [5, 5.41) is 0. The topological polar surface area (TPSA) is 46.5 Å². The third kappa shape index (κ3) is 3.16. The van der Waals surface area contributed by atoms with Gasteiger partial charge in [0.25, 0.3) is 5.91 Å². The van der Waals surface area contributed by atoms with Crippen LogP contribution in [0.1, 0.15) is 25.7 Å². The van der Waals surface area contributed by atoms with E-state index in [4.69, 9.17) is 0 Å². The normalized spacial score (nSPS) is 26.9. The largest absolute Gasteiger partial charge is 0.391 e. The molecule has 1 rings (SSSR count). The third-order valence-corrected chi connectivity index (χ3v) is 2.64. The molecule has 1 fully saturated rings. The zero-order valence-corrected chi connectivity index (χ0v) is 7.88. The van der Waals surface area contributed by atoms with Crippen molar-refractivity contribution in [1.82, 2.24) is 0 Å². The van der Waals surface area contributed by atoms with E-state index < -0.39 is 23.9 Å². The fourth-order valence-corrected chi connectivity index (χ4v) is 1.85. The van der Waals surface area contributed by atoms with Crippen LogP contribution in [-0.4, -0.2) is 18.2 Å². The molecule has 0 aromatic carbocycles. The highest BCUT2D eigenvalue weighted by molar-refractivity contribution is 5.83. The lowest BCUT2D eigenvalue weighted by Gasteiger charge is -2.28. The summed E-state index contributed by atoms with van der Waals surface area (Å²) in [7, 11) is 0. The first kappa shape index (κ1) is 11.9. The maximum Gasteiger partial charge on any atom is 0.391 e. The Morgan fingerprint density at radius 3 is 2.53 bits per heavy atom. The summed E-state index contributed by atoms with van der Waals surface area (Å²) in [6, 6.07) is 0. The number of alkyl halides is 3. The van der Waals surface area contributed by atoms with E-state index in [1.165, 1.54) is 0 Å². The average Bonchev–Trinajstić information content (AvgIpc) is 2.17. The summed E-state index contributed by atoms with van der Waals surface area (Å²) in [6.07, 6.45) is -2.69. The van der Waals surface area contributed by atoms with Gasteiger partial charge in [-0.3, -0.25) is 4.79 Å². The highest BCUT2D eigenvalue weighted by Gasteiger charge is 2.43. The molecule has 0 aliphatic heterocycles. The molecular weight excluding hydrogens is 211 g/mol. The molecule has 2 unspecified atom stereocenters. The van der Waals surface area contributed by atoms with Crippen molar-refractivity contribution in [3.8, 4) is 0 Å². The summed E-state index contributed by atoms with van der Waals surface area (Å²) in [5.74, 6) is -2.99. The van der Waals surface area contributed by atoms with Crippen molar-refractivity contribution >= 4 is 12.0 Å². The van der Waals surface area contributed by atoms with Crippen molar-refractivity contribution in [2.75, 3.05) is 0 Å². The van der Waals surface area contributed by atoms with E-state index >= 15 is 0 Å². The maximum atomic E-state index is 12.3. The van der Waals surface area contributed by atoms with Gasteiger partial charge in [0.05, 0.1) is 5.92 Å². The number of amides is 1. The molecule has 1 saturated carbocycles. The van der Waals surface area contributed by atoms with Crippen LogP contribution in [0, 0.1) is 11.8 Å². The number of hydrogen-bond donors (Lipinski definition) is 0. The van der Waals surface area contributed by atoms with E-state index in [0.717, 1.165) is 6.08 Å². The minimum atomic E-state index is -4.26. The van der Waals surface area contributed by atoms with Gasteiger partial charge in [-0.1, -0.05) is 6.42 Å². The first-order chi connectivity index (χ1) is 6.95. The molecule has 1 aliphatic carbocycles. The number of nitrogens with zero attached hydrogens (tertiary/aromatic N) is 1. The van der Waals surface area contributed by atoms with Crippen LogP contribution in [0.25, 0.3) is 0 Å². The van der Waals surface area contributed by atoms with Crippen molar-refractivity contribution < 1.29 is 22.8 Å². The van der Waals surface area contributed by atoms with Gasteiger partial charge in [0.1, 0.15) is 0 Å². The molecule has 0 aromatic heterocycles. The Bertz CT molecular complexity index is 294. The van der Waals surface area contributed by atoms with E-state index in [2.05, 4.69) is 4.99 Å². The van der Waals surface area contributed by atoms with Gasteiger partial charge < -0.3 is 0 Å². The molecule has 0 N–H and O–H groups in total. The fourth-order valence-electron chi connectivity index (χ4n) is 1.85. The smallest absolute Gasteiger partial charge is 0.271 e. The van der Waals surface area contributed by atoms with Gasteiger partial charge in [-0.15, -0.1) is 4.99 Å². The number of aliphatic imine (C=N–C) groups is 1. The maximum absolute atomic E-state index is 12.3. The van der Waals surface area contributed by atoms with Crippen molar-refractivity contribution in [3.63, 3.8) is 0 Å². The third-order valence-electron chi connectivity index (χ3n) is 2.64. The van der Waals surface area contributed by atoms with Crippen molar-refractivity contribution in [1.29, 1.82) is 0 Å². The second-order valence-corrected chi connectivity index (χ2v) is 3.64. The van der Waals surface area contributed by atoms with Gasteiger partial charge in [0.15, 0.2) is 0 Å². The Morgan fingerprint density at radius 2 is 2.00 bits per heavy atom. The molecule has 1 amide bonds. The first-order valence-corrected chi connectivity index (χ1v) is 4.63. The minimum Gasteiger partial charge on any atom is -0.271 e. The Hall–Kier alpha value is -1.16. The van der Waals surface area contributed by atoms with E-state index in [-0.39, 0.29) is 12.8 Å². The molecule has 3 nitrogen and oxygen atoms in total. The summed E-state index contributed by atoms with van der Waals surface area (Å²) in [5.41, 5.74) is 0. The van der Waals surface area contributed by atoms with Crippen LogP contribution in [0.5, 0.6) is 0 Å². The second kappa shape index (κ2) is 4.57. The summed E-state index contributed by atoms with van der Waals surface area (Å²) in [6.45, 7) is 0. The molecular formula is C9H10F3NO2. The number of carbonyl (C=O) groups is 1. The lowest BCUT2D eigenvalue weighted by molar-refractivity contribution is -0.185. The van der Waals surface area contributed by atoms with Crippen LogP contribution in [0.3, 0.4) is 0 Å². The SMILES string of the molecule is O=C=NC(=O)C1CCCC(C(F)(F)F)C1. The fraction of sp³-hybridized carbons (Fsp3) is 0.778. The Balaban J connectivity index is 2.64. The predicted octanol–water partition coefficient (Wildman–Crippen LogP) is 2.22. The van der Waals surface area contributed by atoms with E-state index in [1.54, 1.807) is 0 Å². The lowest BCUT2D eigenvalue weighted by atomic mass is 9.81. The number of hydrogen-bond acceptors (Lipinski definition) is 2. The number of halogens is 3. The van der Waals surface area contributed by atoms with Gasteiger partial charge in [-0.2, -0.15) is 13.2 Å². The summed E-state index contributed by atoms with van der Waals surface area (Å²) >= 11 is 0. The zero-order chi connectivity index (χ0) is 11.5. The van der Waals surface area contributed by atoms with Crippen molar-refractivity contribution in [2.24, 2.45) is 16.8 Å². The molecule has 2 atom stereocenters. The Morgan fingerprint density at radius 1 is 1.33 bits per heavy atom. The Kier molecular flexibility index (Phi) is 3.63. The quantitative estimate of drug-likeness (QED) is 0.503. The number of rotatable bonds is 1. The molecule has 0 aromatic rings. The molecule has 1 aliphatic rings. The van der Waals surface area contributed by atoms with Gasteiger partial charge in [-0.05, 0) is 19.3 Å². The van der Waals surface area contributed by atoms with Crippen LogP contribution >= 0.6 is 0 Å². The van der Waals surface area contributed by atoms with Crippen molar-refractivity contribution in [3.05, 3.63) is 0 Å². The van der Waals surface area contributed by atoms with Gasteiger partial charge in [-0.25, -0.2) is 4.79 Å². The van der Waals surface area contributed by atoms with E-state index in [9.17, 15) is 22.8 Å². The van der Waals surface area contributed by atoms with Crippen molar-refractivity contribution in [2.45, 2.75) is 31.9 Å². The highest BCUT2D eigenvalue weighted by Crippen LogP contribution is 2.40. The molecule has 6 heteroatoms. The summed E-state index contributed by atoms with van der Waals surface area (Å²) < 4.78 is 37.0. The number of isocyanates is 1.